The van der Waals surface area contributed by atoms with Crippen LogP contribution in [0.5, 0.6) is 0 Å². The van der Waals surface area contributed by atoms with Crippen LogP contribution in [0.2, 0.25) is 0 Å². The number of nitrogens with one attached hydrogen (secondary N) is 1. The van der Waals surface area contributed by atoms with Gasteiger partial charge in [0.15, 0.2) is 5.96 Å². The molecule has 168 valence electrons. The van der Waals surface area contributed by atoms with Crippen molar-refractivity contribution in [2.45, 2.75) is 45.5 Å². The predicted molar refractivity (Wildman–Crippen MR) is 131 cm³/mol. The average molecular weight is 538 g/mol. The summed E-state index contributed by atoms with van der Waals surface area (Å²) in [6.45, 7) is 9.99. The summed E-state index contributed by atoms with van der Waals surface area (Å²) in [6, 6.07) is 8.80. The first-order chi connectivity index (χ1) is 14.4. The van der Waals surface area contributed by atoms with Crippen molar-refractivity contribution in [3.63, 3.8) is 0 Å². The molecule has 31 heavy (non-hydrogen) atoms. The number of imidazole rings is 1. The summed E-state index contributed by atoms with van der Waals surface area (Å²) in [7, 11) is 0. The molecular weight excluding hydrogens is 507 g/mol. The molecule has 2 aliphatic rings. The fourth-order valence-corrected chi connectivity index (χ4v) is 3.76. The van der Waals surface area contributed by atoms with Gasteiger partial charge in [0.25, 0.3) is 0 Å². The lowest BCUT2D eigenvalue weighted by Crippen LogP contribution is -2.57. The highest BCUT2D eigenvalue weighted by atomic mass is 127. The quantitative estimate of drug-likeness (QED) is 0.607. The molecular formula is C22H31IN6O2. The van der Waals surface area contributed by atoms with E-state index in [9.17, 15) is 4.79 Å². The monoisotopic (exact) mass is 538 g/mol. The zero-order valence-electron chi connectivity index (χ0n) is 18.3. The van der Waals surface area contributed by atoms with Gasteiger partial charge in [-0.1, -0.05) is 24.3 Å². The van der Waals surface area contributed by atoms with Crippen molar-refractivity contribution in [3.05, 3.63) is 54.1 Å². The van der Waals surface area contributed by atoms with E-state index in [0.717, 1.165) is 25.6 Å². The zero-order chi connectivity index (χ0) is 21.1. The van der Waals surface area contributed by atoms with Gasteiger partial charge < -0.3 is 24.4 Å². The van der Waals surface area contributed by atoms with Crippen LogP contribution in [0.25, 0.3) is 0 Å². The molecule has 1 fully saturated rings. The summed E-state index contributed by atoms with van der Waals surface area (Å²) in [5, 5.41) is 3.47. The number of benzene rings is 1. The van der Waals surface area contributed by atoms with Crippen LogP contribution < -0.4 is 5.32 Å². The van der Waals surface area contributed by atoms with Crippen molar-refractivity contribution < 1.29 is 9.53 Å². The van der Waals surface area contributed by atoms with Crippen LogP contribution in [-0.2, 0) is 17.8 Å². The SMILES string of the molecule is CC(C)(C)OC(=O)N1CCN2C(NCc3ccc(Cn4ccnc4)cc3)=NCC2C1.I. The molecule has 3 heterocycles. The highest BCUT2D eigenvalue weighted by Crippen LogP contribution is 2.19. The number of hydrogen-bond donors (Lipinski definition) is 1. The number of ether oxygens (including phenoxy) is 1. The number of fused-ring (bicyclic) bond motifs is 1. The maximum Gasteiger partial charge on any atom is 0.410 e. The molecule has 0 spiro atoms. The molecule has 1 aromatic carbocycles. The number of carbonyl (C=O) groups is 1. The maximum atomic E-state index is 12.3. The number of guanidine groups is 1. The van der Waals surface area contributed by atoms with E-state index in [-0.39, 0.29) is 36.1 Å². The molecule has 1 atom stereocenters. The molecule has 0 aliphatic carbocycles. The number of halogens is 1. The minimum absolute atomic E-state index is 0. The third kappa shape index (κ3) is 6.11. The normalized spacial score (nSPS) is 18.2. The van der Waals surface area contributed by atoms with Crippen LogP contribution in [0.15, 0.2) is 48.0 Å². The summed E-state index contributed by atoms with van der Waals surface area (Å²) < 4.78 is 7.56. The topological polar surface area (TPSA) is 75.0 Å². The molecule has 1 unspecified atom stereocenters. The van der Waals surface area contributed by atoms with Crippen LogP contribution in [0.3, 0.4) is 0 Å². The number of piperazine rings is 1. The highest BCUT2D eigenvalue weighted by molar-refractivity contribution is 14.0. The van der Waals surface area contributed by atoms with Crippen molar-refractivity contribution in [3.8, 4) is 0 Å². The Bertz CT molecular complexity index is 892. The Labute approximate surface area is 200 Å². The molecule has 2 aromatic rings. The molecule has 1 amide bonds. The van der Waals surface area contributed by atoms with Gasteiger partial charge in [0, 0.05) is 45.1 Å². The highest BCUT2D eigenvalue weighted by Gasteiger charge is 2.36. The van der Waals surface area contributed by atoms with E-state index in [4.69, 9.17) is 4.74 Å². The van der Waals surface area contributed by atoms with Gasteiger partial charge in [-0.15, -0.1) is 24.0 Å². The molecule has 1 aromatic heterocycles. The molecule has 2 aliphatic heterocycles. The second kappa shape index (κ2) is 9.88. The second-order valence-electron chi connectivity index (χ2n) is 8.84. The van der Waals surface area contributed by atoms with Gasteiger partial charge in [0.2, 0.25) is 0 Å². The van der Waals surface area contributed by atoms with Gasteiger partial charge in [0.1, 0.15) is 5.60 Å². The lowest BCUT2D eigenvalue weighted by molar-refractivity contribution is 0.0137. The van der Waals surface area contributed by atoms with Crippen molar-refractivity contribution in [2.75, 3.05) is 26.2 Å². The third-order valence-electron chi connectivity index (χ3n) is 5.26. The first-order valence-corrected chi connectivity index (χ1v) is 10.4. The lowest BCUT2D eigenvalue weighted by Gasteiger charge is -2.39. The summed E-state index contributed by atoms with van der Waals surface area (Å²) in [5.74, 6) is 0.923. The number of amides is 1. The number of nitrogens with zero attached hydrogens (tertiary/aromatic N) is 5. The van der Waals surface area contributed by atoms with Gasteiger partial charge in [-0.05, 0) is 31.9 Å². The fraction of sp³-hybridized carbons (Fsp3) is 0.500. The molecule has 1 saturated heterocycles. The largest absolute Gasteiger partial charge is 0.444 e. The minimum atomic E-state index is -0.471. The van der Waals surface area contributed by atoms with E-state index < -0.39 is 5.60 Å². The van der Waals surface area contributed by atoms with Gasteiger partial charge in [-0.2, -0.15) is 0 Å². The van der Waals surface area contributed by atoms with Crippen LogP contribution in [-0.4, -0.2) is 69.2 Å². The van der Waals surface area contributed by atoms with Crippen molar-refractivity contribution in [2.24, 2.45) is 4.99 Å². The first-order valence-electron chi connectivity index (χ1n) is 10.4. The lowest BCUT2D eigenvalue weighted by atomic mass is 10.1. The van der Waals surface area contributed by atoms with E-state index >= 15 is 0 Å². The standard InChI is InChI=1S/C22H30N6O2.HI/c1-22(2,3)30-21(29)27-10-11-28-19(15-27)13-25-20(28)24-12-17-4-6-18(7-5-17)14-26-9-8-23-16-26;/h4-9,16,19H,10-15H2,1-3H3,(H,24,25);1H. The number of aromatic nitrogens is 2. The molecule has 1 N–H and O–H groups in total. The Balaban J connectivity index is 0.00000272. The Morgan fingerprint density at radius 1 is 1.19 bits per heavy atom. The smallest absolute Gasteiger partial charge is 0.410 e. The minimum Gasteiger partial charge on any atom is -0.444 e. The maximum absolute atomic E-state index is 12.3. The van der Waals surface area contributed by atoms with Gasteiger partial charge in [-0.3, -0.25) is 4.99 Å². The van der Waals surface area contributed by atoms with E-state index in [1.165, 1.54) is 11.1 Å². The summed E-state index contributed by atoms with van der Waals surface area (Å²) in [6.07, 6.45) is 5.35. The van der Waals surface area contributed by atoms with Gasteiger partial charge >= 0.3 is 6.09 Å². The van der Waals surface area contributed by atoms with Crippen LogP contribution >= 0.6 is 24.0 Å². The number of rotatable bonds is 4. The molecule has 4 rings (SSSR count). The number of hydrogen-bond acceptors (Lipinski definition) is 6. The van der Waals surface area contributed by atoms with Crippen molar-refractivity contribution in [1.82, 2.24) is 24.7 Å². The molecule has 9 heteroatoms. The Morgan fingerprint density at radius 3 is 2.61 bits per heavy atom. The molecule has 8 nitrogen and oxygen atoms in total. The Kier molecular flexibility index (Phi) is 7.45. The van der Waals surface area contributed by atoms with Crippen LogP contribution in [0.1, 0.15) is 31.9 Å². The van der Waals surface area contributed by atoms with Crippen molar-refractivity contribution >= 4 is 36.0 Å². The van der Waals surface area contributed by atoms with Gasteiger partial charge in [-0.25, -0.2) is 9.78 Å². The zero-order valence-corrected chi connectivity index (χ0v) is 20.7. The average Bonchev–Trinajstić information content (AvgIpc) is 3.35. The van der Waals surface area contributed by atoms with E-state index in [0.29, 0.717) is 19.6 Å². The summed E-state index contributed by atoms with van der Waals surface area (Å²) in [5.41, 5.74) is 1.98. The van der Waals surface area contributed by atoms with Crippen molar-refractivity contribution in [1.29, 1.82) is 0 Å². The molecule has 0 saturated carbocycles. The second-order valence-corrected chi connectivity index (χ2v) is 8.84. The molecule has 0 radical (unpaired) electrons. The first kappa shape index (κ1) is 23.4. The Hall–Kier alpha value is -2.30. The summed E-state index contributed by atoms with van der Waals surface area (Å²) >= 11 is 0. The van der Waals surface area contributed by atoms with E-state index in [1.807, 2.05) is 33.3 Å². The number of aliphatic imine (C=N–C) groups is 1. The summed E-state index contributed by atoms with van der Waals surface area (Å²) in [4.78, 5) is 25.2. The fourth-order valence-electron chi connectivity index (χ4n) is 3.76. The number of carbonyl (C=O) groups excluding carboxylic acids is 1. The molecule has 0 bridgehead atoms. The third-order valence-corrected chi connectivity index (χ3v) is 5.26. The van der Waals surface area contributed by atoms with E-state index in [1.54, 1.807) is 11.1 Å². The Morgan fingerprint density at radius 2 is 1.94 bits per heavy atom. The van der Waals surface area contributed by atoms with Crippen LogP contribution in [0, 0.1) is 0 Å². The van der Waals surface area contributed by atoms with E-state index in [2.05, 4.69) is 49.0 Å². The predicted octanol–water partition coefficient (Wildman–Crippen LogP) is 2.93. The van der Waals surface area contributed by atoms with Crippen LogP contribution in [0.4, 0.5) is 4.79 Å². The van der Waals surface area contributed by atoms with Gasteiger partial charge in [0.05, 0.1) is 18.9 Å².